The van der Waals surface area contributed by atoms with Gasteiger partial charge in [-0.15, -0.1) is 0 Å². The minimum Gasteiger partial charge on any atom is -0.362 e. The zero-order chi connectivity index (χ0) is 24.1. The van der Waals surface area contributed by atoms with Gasteiger partial charge in [-0.1, -0.05) is 37.6 Å². The molecule has 2 N–H and O–H groups in total. The largest absolute Gasteiger partial charge is 0.362 e. The van der Waals surface area contributed by atoms with Crippen molar-refractivity contribution in [2.75, 3.05) is 10.6 Å². The third kappa shape index (κ3) is 5.10. The van der Waals surface area contributed by atoms with Crippen molar-refractivity contribution in [3.63, 3.8) is 0 Å². The SMILES string of the molecule is CC.CC(C)=CNc1ncnc(N[C@@H](C)c2cc3cccc(C)c3c(=O)n2C2CCC2)c1C. The average molecular weight is 448 g/mol. The monoisotopic (exact) mass is 447 g/mol. The number of pyridine rings is 1. The zero-order valence-electron chi connectivity index (χ0n) is 21.0. The molecule has 4 rings (SSSR count). The van der Waals surface area contributed by atoms with Gasteiger partial charge < -0.3 is 15.2 Å². The Hall–Kier alpha value is -3.15. The molecular formula is C27H37N5O. The molecule has 0 amide bonds. The summed E-state index contributed by atoms with van der Waals surface area (Å²) in [6.07, 6.45) is 6.78. The molecule has 6 nitrogen and oxygen atoms in total. The molecule has 3 aromatic rings. The van der Waals surface area contributed by atoms with E-state index < -0.39 is 0 Å². The van der Waals surface area contributed by atoms with E-state index in [0.29, 0.717) is 0 Å². The molecule has 6 heteroatoms. The van der Waals surface area contributed by atoms with E-state index in [1.807, 2.05) is 70.5 Å². The Balaban J connectivity index is 0.00000149. The van der Waals surface area contributed by atoms with Gasteiger partial charge in [0.05, 0.1) is 11.4 Å². The molecule has 0 unspecified atom stereocenters. The molecule has 1 aliphatic carbocycles. The molecule has 0 aliphatic heterocycles. The molecule has 1 aliphatic rings. The molecule has 1 saturated carbocycles. The highest BCUT2D eigenvalue weighted by Gasteiger charge is 2.26. The summed E-state index contributed by atoms with van der Waals surface area (Å²) in [6.45, 7) is 14.2. The zero-order valence-corrected chi connectivity index (χ0v) is 21.0. The van der Waals surface area contributed by atoms with E-state index in [1.165, 1.54) is 6.42 Å². The van der Waals surface area contributed by atoms with Gasteiger partial charge in [0.1, 0.15) is 18.0 Å². The lowest BCUT2D eigenvalue weighted by Gasteiger charge is -2.32. The molecule has 1 aromatic carbocycles. The summed E-state index contributed by atoms with van der Waals surface area (Å²) in [6, 6.07) is 8.42. The summed E-state index contributed by atoms with van der Waals surface area (Å²) in [5.41, 5.74) is 4.26. The van der Waals surface area contributed by atoms with Crippen LogP contribution in [0.5, 0.6) is 0 Å². The van der Waals surface area contributed by atoms with Gasteiger partial charge in [0.15, 0.2) is 0 Å². The van der Waals surface area contributed by atoms with E-state index in [4.69, 9.17) is 0 Å². The number of rotatable bonds is 6. The van der Waals surface area contributed by atoms with Crippen LogP contribution in [0.2, 0.25) is 0 Å². The van der Waals surface area contributed by atoms with E-state index >= 15 is 0 Å². The second kappa shape index (κ2) is 10.6. The van der Waals surface area contributed by atoms with Gasteiger partial charge in [0.2, 0.25) is 0 Å². The summed E-state index contributed by atoms with van der Waals surface area (Å²) in [4.78, 5) is 22.4. The Morgan fingerprint density at radius 2 is 1.85 bits per heavy atom. The molecule has 2 aromatic heterocycles. The van der Waals surface area contributed by atoms with Crippen LogP contribution in [0.4, 0.5) is 11.6 Å². The summed E-state index contributed by atoms with van der Waals surface area (Å²) in [5, 5.41) is 8.60. The molecule has 0 spiro atoms. The van der Waals surface area contributed by atoms with Crippen LogP contribution in [0.25, 0.3) is 10.8 Å². The van der Waals surface area contributed by atoms with E-state index in [2.05, 4.69) is 33.6 Å². The van der Waals surface area contributed by atoms with Gasteiger partial charge in [0.25, 0.3) is 5.56 Å². The van der Waals surface area contributed by atoms with Gasteiger partial charge in [-0.2, -0.15) is 0 Å². The maximum absolute atomic E-state index is 13.5. The minimum absolute atomic E-state index is 0.0804. The first kappa shape index (κ1) is 24.5. The number of nitrogens with zero attached hydrogens (tertiary/aromatic N) is 3. The Bertz CT molecular complexity index is 1200. The number of hydrogen-bond acceptors (Lipinski definition) is 5. The van der Waals surface area contributed by atoms with E-state index in [0.717, 1.165) is 57.6 Å². The molecule has 2 heterocycles. The number of allylic oxidation sites excluding steroid dienone is 1. The van der Waals surface area contributed by atoms with Crippen LogP contribution < -0.4 is 16.2 Å². The van der Waals surface area contributed by atoms with Gasteiger partial charge >= 0.3 is 0 Å². The molecule has 0 radical (unpaired) electrons. The van der Waals surface area contributed by atoms with Crippen LogP contribution in [0, 0.1) is 13.8 Å². The second-order valence-electron chi connectivity index (χ2n) is 8.80. The smallest absolute Gasteiger partial charge is 0.259 e. The first-order valence-electron chi connectivity index (χ1n) is 12.0. The average Bonchev–Trinajstić information content (AvgIpc) is 2.76. The highest BCUT2D eigenvalue weighted by atomic mass is 16.1. The minimum atomic E-state index is -0.0804. The Kier molecular flexibility index (Phi) is 7.90. The lowest BCUT2D eigenvalue weighted by atomic mass is 9.91. The molecule has 1 atom stereocenters. The van der Waals surface area contributed by atoms with Crippen molar-refractivity contribution in [3.8, 4) is 0 Å². The van der Waals surface area contributed by atoms with Crippen molar-refractivity contribution in [1.82, 2.24) is 14.5 Å². The highest BCUT2D eigenvalue weighted by molar-refractivity contribution is 5.85. The fourth-order valence-electron chi connectivity index (χ4n) is 4.16. The van der Waals surface area contributed by atoms with Crippen molar-refractivity contribution in [2.24, 2.45) is 0 Å². The molecule has 33 heavy (non-hydrogen) atoms. The summed E-state index contributed by atoms with van der Waals surface area (Å²) in [7, 11) is 0. The number of nitrogens with one attached hydrogen (secondary N) is 2. The van der Waals surface area contributed by atoms with Crippen molar-refractivity contribution < 1.29 is 0 Å². The Morgan fingerprint density at radius 3 is 2.48 bits per heavy atom. The molecular weight excluding hydrogens is 410 g/mol. The molecule has 0 bridgehead atoms. The van der Waals surface area contributed by atoms with Crippen LogP contribution >= 0.6 is 0 Å². The predicted molar refractivity (Wildman–Crippen MR) is 139 cm³/mol. The predicted octanol–water partition coefficient (Wildman–Crippen LogP) is 6.67. The number of fused-ring (bicyclic) bond motifs is 1. The lowest BCUT2D eigenvalue weighted by Crippen LogP contribution is -2.33. The summed E-state index contributed by atoms with van der Waals surface area (Å²) in [5.74, 6) is 1.54. The maximum atomic E-state index is 13.5. The third-order valence-corrected chi connectivity index (χ3v) is 6.14. The quantitative estimate of drug-likeness (QED) is 0.442. The standard InChI is InChI=1S/C25H31N5O.C2H6/c1-15(2)13-26-23-17(4)24(28-14-27-23)29-18(5)21-12-19-9-6-8-16(3)22(19)25(31)30(21)20-10-7-11-20;1-2/h6,8-9,12-14,18,20H,7,10-11H2,1-5H3,(H2,26,27,28,29);1-2H3/t18-;/m0./s1. The summed E-state index contributed by atoms with van der Waals surface area (Å²) < 4.78 is 2.02. The Morgan fingerprint density at radius 1 is 1.15 bits per heavy atom. The first-order valence-corrected chi connectivity index (χ1v) is 12.0. The number of hydrogen-bond donors (Lipinski definition) is 2. The van der Waals surface area contributed by atoms with Crippen LogP contribution in [-0.2, 0) is 0 Å². The topological polar surface area (TPSA) is 71.8 Å². The number of benzene rings is 1. The van der Waals surface area contributed by atoms with Crippen molar-refractivity contribution >= 4 is 22.4 Å². The van der Waals surface area contributed by atoms with E-state index in [1.54, 1.807) is 6.33 Å². The highest BCUT2D eigenvalue weighted by Crippen LogP contribution is 2.35. The van der Waals surface area contributed by atoms with Crippen LogP contribution in [0.15, 0.2) is 47.2 Å². The van der Waals surface area contributed by atoms with Gasteiger partial charge in [0, 0.05) is 23.5 Å². The van der Waals surface area contributed by atoms with Crippen molar-refractivity contribution in [3.05, 3.63) is 69.5 Å². The number of aromatic nitrogens is 3. The normalized spacial score (nSPS) is 14.0. The van der Waals surface area contributed by atoms with E-state index in [9.17, 15) is 4.79 Å². The third-order valence-electron chi connectivity index (χ3n) is 6.14. The lowest BCUT2D eigenvalue weighted by molar-refractivity contribution is 0.298. The van der Waals surface area contributed by atoms with Gasteiger partial charge in [-0.3, -0.25) is 4.79 Å². The fourth-order valence-corrected chi connectivity index (χ4v) is 4.16. The van der Waals surface area contributed by atoms with Gasteiger partial charge in [-0.25, -0.2) is 9.97 Å². The number of anilines is 2. The van der Waals surface area contributed by atoms with Crippen LogP contribution in [0.1, 0.15) is 82.8 Å². The van der Waals surface area contributed by atoms with Crippen molar-refractivity contribution in [1.29, 1.82) is 0 Å². The first-order chi connectivity index (χ1) is 15.9. The molecule has 0 saturated heterocycles. The molecule has 176 valence electrons. The maximum Gasteiger partial charge on any atom is 0.259 e. The fraction of sp³-hybridized carbons (Fsp3) is 0.444. The van der Waals surface area contributed by atoms with E-state index in [-0.39, 0.29) is 17.6 Å². The van der Waals surface area contributed by atoms with Crippen LogP contribution in [0.3, 0.4) is 0 Å². The summed E-state index contributed by atoms with van der Waals surface area (Å²) >= 11 is 0. The van der Waals surface area contributed by atoms with Gasteiger partial charge in [-0.05, 0) is 70.9 Å². The van der Waals surface area contributed by atoms with Crippen molar-refractivity contribution in [2.45, 2.75) is 79.8 Å². The Labute approximate surface area is 197 Å². The number of aryl methyl sites for hydroxylation is 1. The second-order valence-corrected chi connectivity index (χ2v) is 8.80. The molecule has 1 fully saturated rings. The van der Waals surface area contributed by atoms with Crippen LogP contribution in [-0.4, -0.2) is 14.5 Å².